The van der Waals surface area contributed by atoms with Crippen molar-refractivity contribution < 1.29 is 39.0 Å². The lowest BCUT2D eigenvalue weighted by Crippen LogP contribution is -2.53. The first-order chi connectivity index (χ1) is 36.1. The van der Waals surface area contributed by atoms with E-state index in [0.29, 0.717) is 5.69 Å². The van der Waals surface area contributed by atoms with Gasteiger partial charge < -0.3 is 14.8 Å². The van der Waals surface area contributed by atoms with E-state index < -0.39 is 57.9 Å². The molecule has 0 fully saturated rings. The zero-order valence-corrected chi connectivity index (χ0v) is 40.2. The largest absolute Gasteiger partial charge is 0.480 e. The Bertz CT molecular complexity index is 3390. The molecule has 0 saturated carbocycles. The third kappa shape index (κ3) is 7.50. The van der Waals surface area contributed by atoms with Crippen molar-refractivity contribution in [1.82, 2.24) is 19.4 Å². The first-order valence-electron chi connectivity index (χ1n) is 23.9. The maximum absolute atomic E-state index is 14.9. The summed E-state index contributed by atoms with van der Waals surface area (Å²) in [4.78, 5) is 92.5. The molecule has 0 radical (unpaired) electrons. The Kier molecular flexibility index (Phi) is 12.2. The highest BCUT2D eigenvalue weighted by atomic mass is 32.2. The molecule has 74 heavy (non-hydrogen) atoms. The Hall–Kier alpha value is -9.20. The van der Waals surface area contributed by atoms with Crippen LogP contribution in [0.15, 0.2) is 219 Å². The van der Waals surface area contributed by atoms with E-state index in [4.69, 9.17) is 0 Å². The third-order valence-corrected chi connectivity index (χ3v) is 15.8. The summed E-state index contributed by atoms with van der Waals surface area (Å²) < 4.78 is 0.908. The number of aromatic nitrogens is 2. The van der Waals surface area contributed by atoms with Gasteiger partial charge in [0.1, 0.15) is 17.6 Å². The summed E-state index contributed by atoms with van der Waals surface area (Å²) in [5.41, 5.74) is 4.06. The van der Waals surface area contributed by atoms with Crippen LogP contribution >= 0.6 is 11.8 Å². The monoisotopic (exact) mass is 992 g/mol. The Labute approximate surface area is 429 Å². The Morgan fingerprint density at radius 2 is 0.757 bits per heavy atom. The van der Waals surface area contributed by atoms with Crippen molar-refractivity contribution in [2.45, 2.75) is 28.8 Å². The SMILES string of the molecule is O=C(O)[C@H](CSC(c1ccccc1)(c1ccccc1)c1ccccc1)N1C(=O)c2ccc3c4c(ccc(c24)C1=O)C(=O)N([C@@H](Cc1cncn1C(c1ccccc1)(c1ccccc1)c1ccccc1)C(=O)O)C3=O. The number of carboxylic acids is 2. The summed E-state index contributed by atoms with van der Waals surface area (Å²) in [5.74, 6) is -6.80. The number of rotatable bonds is 16. The number of nitrogens with zero attached hydrogens (tertiary/aromatic N) is 4. The van der Waals surface area contributed by atoms with Crippen LogP contribution in [0.4, 0.5) is 0 Å². The number of aliphatic carboxylic acids is 2. The summed E-state index contributed by atoms with van der Waals surface area (Å²) in [6, 6.07) is 59.9. The smallest absolute Gasteiger partial charge is 0.327 e. The summed E-state index contributed by atoms with van der Waals surface area (Å²) in [5, 5.41) is 22.0. The van der Waals surface area contributed by atoms with E-state index >= 15 is 0 Å². The van der Waals surface area contributed by atoms with Crippen LogP contribution in [-0.4, -0.2) is 83.0 Å². The van der Waals surface area contributed by atoms with Gasteiger partial charge in [0.2, 0.25) is 0 Å². The molecule has 0 aliphatic carbocycles. The summed E-state index contributed by atoms with van der Waals surface area (Å²) in [6.07, 6.45) is 2.81. The molecule has 11 rings (SSSR count). The van der Waals surface area contributed by atoms with Crippen LogP contribution in [-0.2, 0) is 26.3 Å². The molecule has 4 amide bonds. The quantitative estimate of drug-likeness (QED) is 0.0703. The highest BCUT2D eigenvalue weighted by molar-refractivity contribution is 8.00. The van der Waals surface area contributed by atoms with Gasteiger partial charge in [-0.15, -0.1) is 11.8 Å². The van der Waals surface area contributed by atoms with Gasteiger partial charge in [-0.1, -0.05) is 182 Å². The van der Waals surface area contributed by atoms with Gasteiger partial charge in [0.15, 0.2) is 0 Å². The second kappa shape index (κ2) is 19.1. The minimum Gasteiger partial charge on any atom is -0.480 e. The van der Waals surface area contributed by atoms with E-state index in [1.807, 2.05) is 187 Å². The molecule has 0 spiro atoms. The number of hydrogen-bond acceptors (Lipinski definition) is 8. The second-order valence-electron chi connectivity index (χ2n) is 18.1. The number of carboxylic acid groups (broad SMARTS) is 2. The molecule has 2 atom stereocenters. The molecule has 9 aromatic rings. The lowest BCUT2D eigenvalue weighted by Gasteiger charge is -2.39. The fourth-order valence-corrected chi connectivity index (χ4v) is 12.5. The van der Waals surface area contributed by atoms with Gasteiger partial charge >= 0.3 is 11.9 Å². The van der Waals surface area contributed by atoms with Gasteiger partial charge in [0, 0.05) is 57.1 Å². The predicted molar refractivity (Wildman–Crippen MR) is 280 cm³/mol. The molecule has 8 aromatic carbocycles. The average molecular weight is 993 g/mol. The lowest BCUT2D eigenvalue weighted by atomic mass is 9.76. The fourth-order valence-electron chi connectivity index (χ4n) is 10.9. The normalized spacial score (nSPS) is 14.3. The topological polar surface area (TPSA) is 167 Å². The number of carbonyl (C=O) groups is 6. The van der Waals surface area contributed by atoms with Gasteiger partial charge in [0.25, 0.3) is 23.6 Å². The van der Waals surface area contributed by atoms with Crippen LogP contribution in [0.1, 0.15) is 80.5 Å². The van der Waals surface area contributed by atoms with E-state index in [0.717, 1.165) is 43.2 Å². The van der Waals surface area contributed by atoms with Crippen LogP contribution < -0.4 is 0 Å². The summed E-state index contributed by atoms with van der Waals surface area (Å²) in [7, 11) is 0. The maximum Gasteiger partial charge on any atom is 0.327 e. The fraction of sp³-hybridized carbons (Fsp3) is 0.0984. The van der Waals surface area contributed by atoms with Crippen LogP contribution in [0.2, 0.25) is 0 Å². The molecule has 0 unspecified atom stereocenters. The molecule has 2 aliphatic heterocycles. The lowest BCUT2D eigenvalue weighted by molar-refractivity contribution is -0.142. The third-order valence-electron chi connectivity index (χ3n) is 14.2. The Morgan fingerprint density at radius 1 is 0.446 bits per heavy atom. The molecule has 3 heterocycles. The molecule has 0 bridgehead atoms. The zero-order chi connectivity index (χ0) is 51.1. The van der Waals surface area contributed by atoms with E-state index in [9.17, 15) is 39.0 Å². The first kappa shape index (κ1) is 47.1. The van der Waals surface area contributed by atoms with Crippen molar-refractivity contribution in [2.24, 2.45) is 0 Å². The molecule has 1 aromatic heterocycles. The minimum absolute atomic E-state index is 0.00975. The number of imide groups is 2. The van der Waals surface area contributed by atoms with Crippen LogP contribution in [0.3, 0.4) is 0 Å². The molecule has 2 aliphatic rings. The summed E-state index contributed by atoms with van der Waals surface area (Å²) in [6.45, 7) is 0. The van der Waals surface area contributed by atoms with E-state index in [1.54, 1.807) is 6.33 Å². The second-order valence-corrected chi connectivity index (χ2v) is 19.3. The number of carbonyl (C=O) groups excluding carboxylic acids is 4. The van der Waals surface area contributed by atoms with E-state index in [2.05, 4.69) is 4.98 Å². The molecule has 12 nitrogen and oxygen atoms in total. The highest BCUT2D eigenvalue weighted by Gasteiger charge is 2.48. The van der Waals surface area contributed by atoms with Gasteiger partial charge in [-0.2, -0.15) is 0 Å². The van der Waals surface area contributed by atoms with Crippen molar-refractivity contribution in [2.75, 3.05) is 5.75 Å². The van der Waals surface area contributed by atoms with Crippen LogP contribution in [0.25, 0.3) is 10.8 Å². The molecular formula is C61H44N4O8S. The zero-order valence-electron chi connectivity index (χ0n) is 39.4. The number of amides is 4. The number of thioether (sulfide) groups is 1. The van der Waals surface area contributed by atoms with Crippen LogP contribution in [0, 0.1) is 0 Å². The maximum atomic E-state index is 14.9. The molecule has 0 saturated heterocycles. The molecular weight excluding hydrogens is 949 g/mol. The van der Waals surface area contributed by atoms with Crippen molar-refractivity contribution >= 4 is 58.1 Å². The predicted octanol–water partition coefficient (Wildman–Crippen LogP) is 9.94. The van der Waals surface area contributed by atoms with Crippen molar-refractivity contribution in [3.8, 4) is 0 Å². The van der Waals surface area contributed by atoms with Gasteiger partial charge in [-0.25, -0.2) is 14.6 Å². The first-order valence-corrected chi connectivity index (χ1v) is 24.9. The summed E-state index contributed by atoms with van der Waals surface area (Å²) >= 11 is 1.28. The number of benzene rings is 8. The minimum atomic E-state index is -1.75. The van der Waals surface area contributed by atoms with Gasteiger partial charge in [0.05, 0.1) is 11.1 Å². The van der Waals surface area contributed by atoms with E-state index in [1.165, 1.54) is 42.2 Å². The Balaban J connectivity index is 0.955. The van der Waals surface area contributed by atoms with E-state index in [-0.39, 0.29) is 45.2 Å². The van der Waals surface area contributed by atoms with Gasteiger partial charge in [-0.3, -0.25) is 29.0 Å². The van der Waals surface area contributed by atoms with Crippen molar-refractivity contribution in [3.05, 3.63) is 280 Å². The molecule has 2 N–H and O–H groups in total. The number of imidazole rings is 1. The Morgan fingerprint density at radius 3 is 1.08 bits per heavy atom. The van der Waals surface area contributed by atoms with Crippen molar-refractivity contribution in [3.63, 3.8) is 0 Å². The number of hydrogen-bond donors (Lipinski definition) is 2. The molecule has 13 heteroatoms. The standard InChI is InChI=1S/C61H44N4O8S/c66-54-46-31-33-48-53-49(57(69)65(56(48)68)51(59(72)73)37-74-61(42-25-13-4-14-26-42,43-27-15-5-16-28-43)44-29-17-6-18-30-44)34-32-47(52(46)53)55(67)64(54)50(58(70)71)35-45-36-62-38-63(45)60(39-19-7-1-8-20-39,40-21-9-2-10-22-40)41-23-11-3-12-24-41/h1-34,36,38,50-51H,35,37H2,(H,70,71)(H,72,73)/t50-,51-/m0/s1. The highest BCUT2D eigenvalue weighted by Crippen LogP contribution is 2.50. The average Bonchev–Trinajstić information content (AvgIpc) is 3.91. The van der Waals surface area contributed by atoms with Crippen LogP contribution in [0.5, 0.6) is 0 Å². The molecule has 362 valence electrons. The van der Waals surface area contributed by atoms with Crippen molar-refractivity contribution in [1.29, 1.82) is 0 Å². The van der Waals surface area contributed by atoms with Gasteiger partial charge in [-0.05, 0) is 57.6 Å².